The smallest absolute Gasteiger partial charge is 0.255 e. The molecule has 6 nitrogen and oxygen atoms in total. The zero-order valence-corrected chi connectivity index (χ0v) is 16.0. The summed E-state index contributed by atoms with van der Waals surface area (Å²) in [6.07, 6.45) is 5.12. The highest BCUT2D eigenvalue weighted by atomic mass is 35.5. The van der Waals surface area contributed by atoms with Crippen molar-refractivity contribution in [3.63, 3.8) is 0 Å². The molecule has 1 aromatic rings. The summed E-state index contributed by atoms with van der Waals surface area (Å²) >= 11 is 0. The number of piperidine rings is 1. The summed E-state index contributed by atoms with van der Waals surface area (Å²) in [6, 6.07) is 3.76. The lowest BCUT2D eigenvalue weighted by Gasteiger charge is -2.26. The summed E-state index contributed by atoms with van der Waals surface area (Å²) in [4.78, 5) is 18.7. The number of anilines is 1. The van der Waals surface area contributed by atoms with Crippen LogP contribution in [0.2, 0.25) is 0 Å². The first-order chi connectivity index (χ1) is 11.3. The number of carbonyl (C=O) groups is 1. The first kappa shape index (κ1) is 22.0. The van der Waals surface area contributed by atoms with Crippen molar-refractivity contribution in [2.24, 2.45) is 5.92 Å². The van der Waals surface area contributed by atoms with E-state index in [1.165, 1.54) is 6.42 Å². The summed E-state index contributed by atoms with van der Waals surface area (Å²) in [5.74, 6) is 1.35. The van der Waals surface area contributed by atoms with E-state index in [4.69, 9.17) is 4.74 Å². The average molecular weight is 391 g/mol. The fourth-order valence-electron chi connectivity index (χ4n) is 3.04. The van der Waals surface area contributed by atoms with Gasteiger partial charge in [0.05, 0.1) is 18.8 Å². The van der Waals surface area contributed by atoms with E-state index in [9.17, 15) is 4.79 Å². The van der Waals surface area contributed by atoms with Gasteiger partial charge in [-0.2, -0.15) is 0 Å². The lowest BCUT2D eigenvalue weighted by atomic mass is 10.1. The van der Waals surface area contributed by atoms with Crippen LogP contribution in [-0.4, -0.2) is 61.7 Å². The van der Waals surface area contributed by atoms with Gasteiger partial charge in [0, 0.05) is 44.8 Å². The molecule has 1 atom stereocenters. The molecule has 2 aliphatic heterocycles. The Morgan fingerprint density at radius 1 is 1.28 bits per heavy atom. The second-order valence-electron chi connectivity index (χ2n) is 6.31. The Morgan fingerprint density at radius 3 is 2.80 bits per heavy atom. The van der Waals surface area contributed by atoms with Gasteiger partial charge in [-0.05, 0) is 31.4 Å². The first-order valence-electron chi connectivity index (χ1n) is 8.60. The molecule has 2 fully saturated rings. The molecule has 142 valence electrons. The molecule has 0 saturated carbocycles. The Labute approximate surface area is 161 Å². The number of nitrogens with zero attached hydrogens (tertiary/aromatic N) is 2. The molecule has 1 aromatic heterocycles. The Bertz CT molecular complexity index is 502. The van der Waals surface area contributed by atoms with Gasteiger partial charge in [-0.3, -0.25) is 4.79 Å². The maximum absolute atomic E-state index is 12.4. The highest BCUT2D eigenvalue weighted by Gasteiger charge is 2.18. The van der Waals surface area contributed by atoms with Gasteiger partial charge in [-0.25, -0.2) is 4.98 Å². The highest BCUT2D eigenvalue weighted by molar-refractivity contribution is 5.94. The van der Waals surface area contributed by atoms with Crippen molar-refractivity contribution in [1.82, 2.24) is 15.2 Å². The normalized spacial score (nSPS) is 20.6. The zero-order chi connectivity index (χ0) is 15.9. The van der Waals surface area contributed by atoms with Crippen molar-refractivity contribution in [1.29, 1.82) is 0 Å². The quantitative estimate of drug-likeness (QED) is 0.824. The van der Waals surface area contributed by atoms with Crippen LogP contribution >= 0.6 is 24.8 Å². The van der Waals surface area contributed by atoms with Crippen LogP contribution in [0.15, 0.2) is 18.3 Å². The molecular weight excluding hydrogens is 363 g/mol. The van der Waals surface area contributed by atoms with Crippen molar-refractivity contribution in [3.05, 3.63) is 23.9 Å². The predicted octanol–water partition coefficient (Wildman–Crippen LogP) is 2.20. The Morgan fingerprint density at radius 2 is 2.08 bits per heavy atom. The number of ether oxygens (including phenoxy) is 1. The maximum atomic E-state index is 12.4. The summed E-state index contributed by atoms with van der Waals surface area (Å²) < 4.78 is 5.54. The first-order valence-corrected chi connectivity index (χ1v) is 8.60. The predicted molar refractivity (Wildman–Crippen MR) is 104 cm³/mol. The van der Waals surface area contributed by atoms with Crippen LogP contribution in [0.4, 0.5) is 5.82 Å². The molecular formula is C17H28Cl2N4O2. The largest absolute Gasteiger partial charge is 0.380 e. The van der Waals surface area contributed by atoms with Crippen LogP contribution in [0.3, 0.4) is 0 Å². The molecule has 0 aromatic carbocycles. The minimum atomic E-state index is 0. The zero-order valence-electron chi connectivity index (χ0n) is 14.4. The molecule has 2 saturated heterocycles. The van der Waals surface area contributed by atoms with Gasteiger partial charge in [0.15, 0.2) is 0 Å². The third kappa shape index (κ3) is 6.62. The van der Waals surface area contributed by atoms with Gasteiger partial charge >= 0.3 is 0 Å². The van der Waals surface area contributed by atoms with Crippen LogP contribution < -0.4 is 10.6 Å². The number of carbonyl (C=O) groups excluding carboxylic acids is 1. The van der Waals surface area contributed by atoms with Crippen molar-refractivity contribution in [2.75, 3.05) is 51.3 Å². The van der Waals surface area contributed by atoms with Gasteiger partial charge in [-0.15, -0.1) is 24.8 Å². The van der Waals surface area contributed by atoms with E-state index >= 15 is 0 Å². The number of hydrogen-bond acceptors (Lipinski definition) is 5. The second kappa shape index (κ2) is 11.5. The van der Waals surface area contributed by atoms with Crippen molar-refractivity contribution in [2.45, 2.75) is 19.3 Å². The molecule has 2 N–H and O–H groups in total. The number of pyridine rings is 1. The molecule has 2 aliphatic rings. The van der Waals surface area contributed by atoms with Gasteiger partial charge in [0.25, 0.3) is 5.91 Å². The van der Waals surface area contributed by atoms with Crippen LogP contribution in [0.5, 0.6) is 0 Å². The lowest BCUT2D eigenvalue weighted by Crippen LogP contribution is -2.35. The fraction of sp³-hybridized carbons (Fsp3) is 0.647. The van der Waals surface area contributed by atoms with E-state index in [1.54, 1.807) is 6.20 Å². The third-order valence-electron chi connectivity index (χ3n) is 4.44. The number of halogens is 2. The minimum absolute atomic E-state index is 0. The van der Waals surface area contributed by atoms with E-state index in [0.717, 1.165) is 64.6 Å². The molecule has 3 rings (SSSR count). The minimum Gasteiger partial charge on any atom is -0.380 e. The molecule has 0 radical (unpaired) electrons. The number of likely N-dealkylation sites (tertiary alicyclic amines) is 1. The molecule has 25 heavy (non-hydrogen) atoms. The Balaban J connectivity index is 0.00000156. The molecule has 0 spiro atoms. The standard InChI is InChI=1S/C17H26N4O2.2ClH/c22-17(21-7-2-1-3-8-21)15-4-5-16(20-12-15)19-11-14-10-18-6-9-23-13-14;;/h4-5,12,14,18H,1-3,6-11,13H2,(H,19,20);2*1H. The van der Waals surface area contributed by atoms with Crippen molar-refractivity contribution < 1.29 is 9.53 Å². The number of rotatable bonds is 4. The molecule has 8 heteroatoms. The molecule has 0 aliphatic carbocycles. The maximum Gasteiger partial charge on any atom is 0.255 e. The Hall–Kier alpha value is -1.08. The molecule has 0 bridgehead atoms. The molecule has 1 unspecified atom stereocenters. The van der Waals surface area contributed by atoms with Crippen molar-refractivity contribution >= 4 is 36.5 Å². The van der Waals surface area contributed by atoms with Crippen LogP contribution in [-0.2, 0) is 4.74 Å². The number of hydrogen-bond donors (Lipinski definition) is 2. The van der Waals surface area contributed by atoms with Gasteiger partial charge in [0.1, 0.15) is 5.82 Å². The topological polar surface area (TPSA) is 66.5 Å². The Kier molecular flexibility index (Phi) is 10.1. The fourth-order valence-corrected chi connectivity index (χ4v) is 3.04. The van der Waals surface area contributed by atoms with Gasteiger partial charge in [0.2, 0.25) is 0 Å². The SMILES string of the molecule is Cl.Cl.O=C(c1ccc(NCC2CNCCOC2)nc1)N1CCCCC1. The summed E-state index contributed by atoms with van der Waals surface area (Å²) in [7, 11) is 0. The summed E-state index contributed by atoms with van der Waals surface area (Å²) in [6.45, 7) is 5.98. The van der Waals surface area contributed by atoms with Crippen molar-refractivity contribution in [3.8, 4) is 0 Å². The van der Waals surface area contributed by atoms with Crippen LogP contribution in [0.1, 0.15) is 29.6 Å². The summed E-state index contributed by atoms with van der Waals surface area (Å²) in [5, 5.41) is 6.69. The average Bonchev–Trinajstić information content (AvgIpc) is 2.89. The van der Waals surface area contributed by atoms with Gasteiger partial charge < -0.3 is 20.3 Å². The molecule has 1 amide bonds. The van der Waals surface area contributed by atoms with E-state index in [2.05, 4.69) is 15.6 Å². The van der Waals surface area contributed by atoms with E-state index in [-0.39, 0.29) is 30.7 Å². The second-order valence-corrected chi connectivity index (χ2v) is 6.31. The van der Waals surface area contributed by atoms with E-state index < -0.39 is 0 Å². The summed E-state index contributed by atoms with van der Waals surface area (Å²) in [5.41, 5.74) is 0.678. The van der Waals surface area contributed by atoms with Gasteiger partial charge in [-0.1, -0.05) is 0 Å². The third-order valence-corrected chi connectivity index (χ3v) is 4.44. The van der Waals surface area contributed by atoms with E-state index in [1.807, 2.05) is 17.0 Å². The van der Waals surface area contributed by atoms with E-state index in [0.29, 0.717) is 11.5 Å². The lowest BCUT2D eigenvalue weighted by molar-refractivity contribution is 0.0724. The highest BCUT2D eigenvalue weighted by Crippen LogP contribution is 2.14. The number of nitrogens with one attached hydrogen (secondary N) is 2. The number of aromatic nitrogens is 1. The monoisotopic (exact) mass is 390 g/mol. The molecule has 3 heterocycles. The number of amides is 1. The van der Waals surface area contributed by atoms with Crippen LogP contribution in [0, 0.1) is 5.92 Å². The van der Waals surface area contributed by atoms with Crippen LogP contribution in [0.25, 0.3) is 0 Å².